The second-order valence-corrected chi connectivity index (χ2v) is 4.87. The summed E-state index contributed by atoms with van der Waals surface area (Å²) in [6.07, 6.45) is 0.896. The van der Waals surface area contributed by atoms with E-state index in [2.05, 4.69) is 27.2 Å². The van der Waals surface area contributed by atoms with Crippen LogP contribution in [-0.4, -0.2) is 34.6 Å². The van der Waals surface area contributed by atoms with Gasteiger partial charge in [-0.15, -0.1) is 0 Å². The number of nitrogen functional groups attached to an aromatic ring is 1. The molecule has 1 aromatic rings. The molecule has 0 atom stereocenters. The first-order valence-electron chi connectivity index (χ1n) is 5.50. The first kappa shape index (κ1) is 11.5. The van der Waals surface area contributed by atoms with Gasteiger partial charge in [-0.1, -0.05) is 6.92 Å². The zero-order chi connectivity index (χ0) is 11.4. The number of anilines is 2. The molecule has 1 fully saturated rings. The zero-order valence-corrected chi connectivity index (χ0v) is 10.3. The molecule has 1 aliphatic rings. The van der Waals surface area contributed by atoms with Crippen LogP contribution in [0.15, 0.2) is 6.07 Å². The minimum atomic E-state index is 0.695. The number of aryl methyl sites for hydroxylation is 1. The first-order chi connectivity index (χ1) is 7.83. The Morgan fingerprint density at radius 2 is 2.19 bits per heavy atom. The number of nitrogens with two attached hydrogens (primary N) is 1. The average molecular weight is 239 g/mol. The fraction of sp³-hybridized carbons (Fsp3) is 0.600. The van der Waals surface area contributed by atoms with Gasteiger partial charge in [-0.2, -0.15) is 16.7 Å². The smallest absolute Gasteiger partial charge is 0.227 e. The molecule has 2 rings (SSSR count). The highest BCUT2D eigenvalue weighted by Crippen LogP contribution is 2.18. The van der Waals surface area contributed by atoms with Gasteiger partial charge in [0, 0.05) is 36.4 Å². The second kappa shape index (κ2) is 5.36. The number of hydrazine groups is 1. The van der Waals surface area contributed by atoms with Crippen LogP contribution in [0, 0.1) is 0 Å². The van der Waals surface area contributed by atoms with Gasteiger partial charge in [0.25, 0.3) is 0 Å². The lowest BCUT2D eigenvalue weighted by atomic mass is 10.3. The van der Waals surface area contributed by atoms with Gasteiger partial charge >= 0.3 is 0 Å². The van der Waals surface area contributed by atoms with Crippen molar-refractivity contribution in [3.05, 3.63) is 11.8 Å². The molecule has 1 saturated heterocycles. The third-order valence-corrected chi connectivity index (χ3v) is 3.51. The van der Waals surface area contributed by atoms with Crippen LogP contribution in [0.25, 0.3) is 0 Å². The molecule has 1 aromatic heterocycles. The molecular weight excluding hydrogens is 222 g/mol. The molecule has 0 aromatic carbocycles. The molecule has 0 aliphatic carbocycles. The van der Waals surface area contributed by atoms with E-state index in [1.807, 2.05) is 17.8 Å². The van der Waals surface area contributed by atoms with Crippen LogP contribution in [0.4, 0.5) is 11.8 Å². The fourth-order valence-corrected chi connectivity index (χ4v) is 2.55. The average Bonchev–Trinajstić information content (AvgIpc) is 2.39. The maximum atomic E-state index is 5.41. The highest BCUT2D eigenvalue weighted by atomic mass is 32.2. The summed E-state index contributed by atoms with van der Waals surface area (Å²) in [4.78, 5) is 11.1. The Morgan fingerprint density at radius 3 is 2.81 bits per heavy atom. The maximum Gasteiger partial charge on any atom is 0.227 e. The number of hydrogen-bond donors (Lipinski definition) is 2. The molecule has 0 spiro atoms. The lowest BCUT2D eigenvalue weighted by molar-refractivity contribution is 0.805. The predicted molar refractivity (Wildman–Crippen MR) is 68.8 cm³/mol. The summed E-state index contributed by atoms with van der Waals surface area (Å²) >= 11 is 1.98. The monoisotopic (exact) mass is 239 g/mol. The second-order valence-electron chi connectivity index (χ2n) is 3.64. The molecule has 0 bridgehead atoms. The number of nitrogens with zero attached hydrogens (tertiary/aromatic N) is 3. The maximum absolute atomic E-state index is 5.41. The van der Waals surface area contributed by atoms with Crippen LogP contribution >= 0.6 is 11.8 Å². The fourth-order valence-electron chi connectivity index (χ4n) is 1.64. The lowest BCUT2D eigenvalue weighted by Crippen LogP contribution is -2.34. The van der Waals surface area contributed by atoms with E-state index in [-0.39, 0.29) is 0 Å². The quantitative estimate of drug-likeness (QED) is 0.603. The minimum Gasteiger partial charge on any atom is -0.339 e. The number of hydrogen-bond acceptors (Lipinski definition) is 6. The lowest BCUT2D eigenvalue weighted by Gasteiger charge is -2.26. The van der Waals surface area contributed by atoms with Crippen LogP contribution < -0.4 is 16.2 Å². The van der Waals surface area contributed by atoms with Gasteiger partial charge in [0.15, 0.2) is 0 Å². The van der Waals surface area contributed by atoms with E-state index in [9.17, 15) is 0 Å². The molecule has 1 aliphatic heterocycles. The largest absolute Gasteiger partial charge is 0.339 e. The van der Waals surface area contributed by atoms with E-state index in [0.29, 0.717) is 5.82 Å². The van der Waals surface area contributed by atoms with Crippen LogP contribution in [0.1, 0.15) is 12.6 Å². The predicted octanol–water partition coefficient (Wildman–Crippen LogP) is 0.878. The van der Waals surface area contributed by atoms with Gasteiger partial charge in [-0.3, -0.25) is 0 Å². The van der Waals surface area contributed by atoms with Gasteiger partial charge in [0.05, 0.1) is 0 Å². The normalized spacial score (nSPS) is 16.2. The van der Waals surface area contributed by atoms with Crippen molar-refractivity contribution in [3.63, 3.8) is 0 Å². The van der Waals surface area contributed by atoms with Crippen molar-refractivity contribution < 1.29 is 0 Å². The van der Waals surface area contributed by atoms with Crippen molar-refractivity contribution in [3.8, 4) is 0 Å². The van der Waals surface area contributed by atoms with Gasteiger partial charge in [-0.05, 0) is 6.42 Å². The molecule has 6 heteroatoms. The highest BCUT2D eigenvalue weighted by Gasteiger charge is 2.14. The summed E-state index contributed by atoms with van der Waals surface area (Å²) in [6.45, 7) is 4.11. The van der Waals surface area contributed by atoms with Gasteiger partial charge in [0.2, 0.25) is 5.95 Å². The summed E-state index contributed by atoms with van der Waals surface area (Å²) in [5, 5.41) is 0. The van der Waals surface area contributed by atoms with E-state index in [4.69, 9.17) is 5.84 Å². The van der Waals surface area contributed by atoms with E-state index in [1.165, 1.54) is 0 Å². The molecule has 3 N–H and O–H groups in total. The molecule has 2 heterocycles. The van der Waals surface area contributed by atoms with Gasteiger partial charge in [0.1, 0.15) is 5.82 Å². The summed E-state index contributed by atoms with van der Waals surface area (Å²) in [5.41, 5.74) is 3.62. The van der Waals surface area contributed by atoms with Crippen LogP contribution in [-0.2, 0) is 6.42 Å². The number of nitrogens with one attached hydrogen (secondary N) is 1. The van der Waals surface area contributed by atoms with Crippen molar-refractivity contribution in [1.29, 1.82) is 0 Å². The standard InChI is InChI=1S/C10H17N5S/c1-2-8-7-9(14-11)13-10(12-8)15-3-5-16-6-4-15/h7H,2-6,11H2,1H3,(H,12,13,14). The SMILES string of the molecule is CCc1cc(NN)nc(N2CCSCC2)n1. The molecule has 0 saturated carbocycles. The zero-order valence-electron chi connectivity index (χ0n) is 9.44. The third kappa shape index (κ3) is 2.56. The summed E-state index contributed by atoms with van der Waals surface area (Å²) < 4.78 is 0. The number of rotatable bonds is 3. The molecule has 0 radical (unpaired) electrons. The third-order valence-electron chi connectivity index (χ3n) is 2.57. The van der Waals surface area contributed by atoms with Crippen molar-refractivity contribution in [2.75, 3.05) is 34.9 Å². The Labute approximate surface area is 99.8 Å². The van der Waals surface area contributed by atoms with Crippen molar-refractivity contribution in [2.24, 2.45) is 5.84 Å². The van der Waals surface area contributed by atoms with Crippen LogP contribution in [0.3, 0.4) is 0 Å². The Bertz CT molecular complexity index is 329. The summed E-state index contributed by atoms with van der Waals surface area (Å²) in [5.74, 6) is 9.19. The van der Waals surface area contributed by atoms with Crippen LogP contribution in [0.5, 0.6) is 0 Å². The Balaban J connectivity index is 2.24. The first-order valence-corrected chi connectivity index (χ1v) is 6.66. The van der Waals surface area contributed by atoms with Gasteiger partial charge in [-0.25, -0.2) is 10.8 Å². The minimum absolute atomic E-state index is 0.695. The van der Waals surface area contributed by atoms with Crippen molar-refractivity contribution in [1.82, 2.24) is 9.97 Å². The van der Waals surface area contributed by atoms with E-state index < -0.39 is 0 Å². The molecule has 88 valence electrons. The topological polar surface area (TPSA) is 67.1 Å². The van der Waals surface area contributed by atoms with Crippen molar-refractivity contribution in [2.45, 2.75) is 13.3 Å². The Hall–Kier alpha value is -1.01. The molecule has 0 amide bonds. The summed E-state index contributed by atoms with van der Waals surface area (Å²) in [6, 6.07) is 1.89. The Morgan fingerprint density at radius 1 is 1.44 bits per heavy atom. The number of thioether (sulfide) groups is 1. The van der Waals surface area contributed by atoms with E-state index >= 15 is 0 Å². The Kier molecular flexibility index (Phi) is 3.84. The summed E-state index contributed by atoms with van der Waals surface area (Å²) in [7, 11) is 0. The molecule has 0 unspecified atom stereocenters. The van der Waals surface area contributed by atoms with E-state index in [0.717, 1.165) is 42.7 Å². The van der Waals surface area contributed by atoms with E-state index in [1.54, 1.807) is 0 Å². The molecule has 5 nitrogen and oxygen atoms in total. The van der Waals surface area contributed by atoms with Crippen molar-refractivity contribution >= 4 is 23.5 Å². The highest BCUT2D eigenvalue weighted by molar-refractivity contribution is 7.99. The molecule has 16 heavy (non-hydrogen) atoms. The molecular formula is C10H17N5S. The van der Waals surface area contributed by atoms with Crippen LogP contribution in [0.2, 0.25) is 0 Å². The van der Waals surface area contributed by atoms with Gasteiger partial charge < -0.3 is 10.3 Å². The number of aromatic nitrogens is 2.